The van der Waals surface area contributed by atoms with Crippen LogP contribution in [0.15, 0.2) is 207 Å². The van der Waals surface area contributed by atoms with Crippen LogP contribution in [0.3, 0.4) is 0 Å². The molecular formula is C56H34N6. The van der Waals surface area contributed by atoms with E-state index in [4.69, 9.17) is 24.9 Å². The van der Waals surface area contributed by atoms with Crippen LogP contribution in [-0.2, 0) is 0 Å². The maximum absolute atomic E-state index is 9.27. The zero-order valence-corrected chi connectivity index (χ0v) is 33.3. The normalized spacial score (nSPS) is 11.2. The largest absolute Gasteiger partial charge is 0.256 e. The summed E-state index contributed by atoms with van der Waals surface area (Å²) in [5.41, 5.74) is 13.7. The first-order chi connectivity index (χ1) is 30.7. The molecule has 0 saturated heterocycles. The molecule has 0 bridgehead atoms. The van der Waals surface area contributed by atoms with Gasteiger partial charge in [0.25, 0.3) is 0 Å². The molecule has 6 nitrogen and oxygen atoms in total. The Morgan fingerprint density at radius 1 is 0.306 bits per heavy atom. The van der Waals surface area contributed by atoms with Crippen molar-refractivity contribution >= 4 is 32.6 Å². The molecular weight excluding hydrogens is 757 g/mol. The maximum Gasteiger partial charge on any atom is 0.164 e. The van der Waals surface area contributed by atoms with E-state index in [1.807, 2.05) is 85.2 Å². The van der Waals surface area contributed by atoms with Crippen LogP contribution in [0.25, 0.3) is 111 Å². The third kappa shape index (κ3) is 6.70. The predicted molar refractivity (Wildman–Crippen MR) is 251 cm³/mol. The van der Waals surface area contributed by atoms with E-state index in [1.165, 1.54) is 0 Å². The molecule has 0 atom stereocenters. The molecule has 0 aliphatic carbocycles. The summed E-state index contributed by atoms with van der Waals surface area (Å²) in [5, 5.41) is 13.6. The van der Waals surface area contributed by atoms with E-state index in [0.29, 0.717) is 23.0 Å². The first-order valence-electron chi connectivity index (χ1n) is 20.5. The average Bonchev–Trinajstić information content (AvgIpc) is 3.36. The Morgan fingerprint density at radius 2 is 0.726 bits per heavy atom. The molecule has 0 amide bonds. The van der Waals surface area contributed by atoms with Crippen molar-refractivity contribution < 1.29 is 0 Å². The fraction of sp³-hybridized carbons (Fsp3) is 0. The SMILES string of the molecule is N#Cc1ccc(-c2ccc(-c3cc4c5cccnc5c(-c5cccc(-c6nc(-c7ccccc7)nc(-c7cccc(-c8ccccc8)c7)n6)c5)cc4c4cccnc34)cc2)cc1. The van der Waals surface area contributed by atoms with Gasteiger partial charge in [0.05, 0.1) is 22.7 Å². The van der Waals surface area contributed by atoms with Gasteiger partial charge in [-0.15, -0.1) is 0 Å². The first-order valence-corrected chi connectivity index (χ1v) is 20.5. The molecule has 3 aromatic heterocycles. The second-order valence-electron chi connectivity index (χ2n) is 15.2. The van der Waals surface area contributed by atoms with Crippen LogP contribution < -0.4 is 0 Å². The number of pyridine rings is 2. The molecule has 0 spiro atoms. The molecule has 0 fully saturated rings. The fourth-order valence-corrected chi connectivity index (χ4v) is 8.37. The van der Waals surface area contributed by atoms with E-state index in [9.17, 15) is 5.26 Å². The standard InChI is InChI=1S/C56H34N6/c57-35-36-21-23-38(24-22-36)39-25-27-40(28-26-39)48-33-50-47-20-10-30-59-53(47)49(34-51(50)46-19-9-29-58-52(46)48)43-16-8-18-45(32-43)56-61-54(41-13-5-2-6-14-41)60-55(62-56)44-17-7-15-42(31-44)37-11-3-1-4-12-37/h1-34H. The van der Waals surface area contributed by atoms with Crippen molar-refractivity contribution in [2.45, 2.75) is 0 Å². The monoisotopic (exact) mass is 790 g/mol. The van der Waals surface area contributed by atoms with Crippen molar-refractivity contribution in [1.29, 1.82) is 5.26 Å². The summed E-state index contributed by atoms with van der Waals surface area (Å²) in [6.45, 7) is 0. The van der Waals surface area contributed by atoms with Crippen molar-refractivity contribution in [1.82, 2.24) is 24.9 Å². The second kappa shape index (κ2) is 15.5. The van der Waals surface area contributed by atoms with Gasteiger partial charge in [0.1, 0.15) is 0 Å². The van der Waals surface area contributed by atoms with Gasteiger partial charge in [-0.05, 0) is 92.7 Å². The summed E-state index contributed by atoms with van der Waals surface area (Å²) in [7, 11) is 0. The van der Waals surface area contributed by atoms with Gasteiger partial charge in [-0.2, -0.15) is 5.26 Å². The maximum atomic E-state index is 9.27. The van der Waals surface area contributed by atoms with Gasteiger partial charge in [-0.1, -0.05) is 146 Å². The van der Waals surface area contributed by atoms with Crippen LogP contribution in [-0.4, -0.2) is 24.9 Å². The second-order valence-corrected chi connectivity index (χ2v) is 15.2. The molecule has 0 radical (unpaired) electrons. The lowest BCUT2D eigenvalue weighted by Gasteiger charge is -2.15. The van der Waals surface area contributed by atoms with Crippen molar-refractivity contribution in [3.63, 3.8) is 0 Å². The van der Waals surface area contributed by atoms with Crippen LogP contribution in [0.1, 0.15) is 5.56 Å². The summed E-state index contributed by atoms with van der Waals surface area (Å²) in [6, 6.07) is 68.5. The van der Waals surface area contributed by atoms with Gasteiger partial charge in [0.2, 0.25) is 0 Å². The van der Waals surface area contributed by atoms with Gasteiger partial charge in [-0.3, -0.25) is 9.97 Å². The highest BCUT2D eigenvalue weighted by molar-refractivity contribution is 6.22. The smallest absolute Gasteiger partial charge is 0.164 e. The van der Waals surface area contributed by atoms with Crippen LogP contribution in [0.4, 0.5) is 0 Å². The molecule has 62 heavy (non-hydrogen) atoms. The first kappa shape index (κ1) is 36.4. The quantitative estimate of drug-likeness (QED) is 0.149. The summed E-state index contributed by atoms with van der Waals surface area (Å²) >= 11 is 0. The van der Waals surface area contributed by atoms with Crippen molar-refractivity contribution in [2.75, 3.05) is 0 Å². The van der Waals surface area contributed by atoms with Crippen LogP contribution in [0.2, 0.25) is 0 Å². The molecule has 0 unspecified atom stereocenters. The zero-order chi connectivity index (χ0) is 41.4. The van der Waals surface area contributed by atoms with E-state index in [-0.39, 0.29) is 0 Å². The van der Waals surface area contributed by atoms with Crippen molar-refractivity contribution in [2.24, 2.45) is 0 Å². The van der Waals surface area contributed by atoms with Gasteiger partial charge < -0.3 is 0 Å². The Bertz CT molecular complexity index is 3510. The van der Waals surface area contributed by atoms with Crippen molar-refractivity contribution in [3.05, 3.63) is 212 Å². The summed E-state index contributed by atoms with van der Waals surface area (Å²) in [5.74, 6) is 1.80. The minimum atomic E-state index is 0.586. The third-order valence-electron chi connectivity index (χ3n) is 11.4. The molecule has 6 heteroatoms. The molecule has 0 aliphatic heterocycles. The molecule has 0 N–H and O–H groups in total. The zero-order valence-electron chi connectivity index (χ0n) is 33.3. The molecule has 3 heterocycles. The number of hydrogen-bond acceptors (Lipinski definition) is 6. The highest BCUT2D eigenvalue weighted by atomic mass is 15.0. The minimum Gasteiger partial charge on any atom is -0.256 e. The number of nitrogens with zero attached hydrogens (tertiary/aromatic N) is 6. The van der Waals surface area contributed by atoms with Gasteiger partial charge in [-0.25, -0.2) is 15.0 Å². The topological polar surface area (TPSA) is 88.2 Å². The molecule has 11 rings (SSSR count). The van der Waals surface area contributed by atoms with E-state index in [0.717, 1.165) is 93.8 Å². The van der Waals surface area contributed by atoms with Crippen LogP contribution in [0, 0.1) is 11.3 Å². The fourth-order valence-electron chi connectivity index (χ4n) is 8.37. The van der Waals surface area contributed by atoms with Crippen LogP contribution in [0.5, 0.6) is 0 Å². The number of aromatic nitrogens is 5. The van der Waals surface area contributed by atoms with E-state index >= 15 is 0 Å². The van der Waals surface area contributed by atoms with Gasteiger partial charge >= 0.3 is 0 Å². The Balaban J connectivity index is 1.04. The number of fused-ring (bicyclic) bond motifs is 5. The highest BCUT2D eigenvalue weighted by Crippen LogP contribution is 2.41. The number of nitriles is 1. The lowest BCUT2D eigenvalue weighted by Crippen LogP contribution is -2.00. The number of rotatable bonds is 7. The molecule has 11 aromatic rings. The van der Waals surface area contributed by atoms with Crippen molar-refractivity contribution in [3.8, 4) is 84.7 Å². The highest BCUT2D eigenvalue weighted by Gasteiger charge is 2.18. The Kier molecular flexibility index (Phi) is 9.11. The summed E-state index contributed by atoms with van der Waals surface area (Å²) in [4.78, 5) is 25.2. The Morgan fingerprint density at radius 3 is 1.29 bits per heavy atom. The lowest BCUT2D eigenvalue weighted by atomic mass is 9.90. The Hall–Kier alpha value is -8.66. The van der Waals surface area contributed by atoms with Gasteiger partial charge in [0, 0.05) is 51.0 Å². The molecule has 0 aliphatic rings. The molecule has 288 valence electrons. The van der Waals surface area contributed by atoms with Crippen LogP contribution >= 0.6 is 0 Å². The van der Waals surface area contributed by atoms with E-state index < -0.39 is 0 Å². The van der Waals surface area contributed by atoms with E-state index in [2.05, 4.69) is 127 Å². The molecule has 0 saturated carbocycles. The van der Waals surface area contributed by atoms with Gasteiger partial charge in [0.15, 0.2) is 17.5 Å². The van der Waals surface area contributed by atoms with E-state index in [1.54, 1.807) is 0 Å². The predicted octanol–water partition coefficient (Wildman–Crippen LogP) is 13.7. The third-order valence-corrected chi connectivity index (χ3v) is 11.4. The summed E-state index contributed by atoms with van der Waals surface area (Å²) < 4.78 is 0. The summed E-state index contributed by atoms with van der Waals surface area (Å²) in [6.07, 6.45) is 3.72. The molecule has 8 aromatic carbocycles. The lowest BCUT2D eigenvalue weighted by molar-refractivity contribution is 1.07. The average molecular weight is 791 g/mol. The number of hydrogen-bond donors (Lipinski definition) is 0. The Labute approximate surface area is 358 Å². The number of benzene rings is 8. The minimum absolute atomic E-state index is 0.586.